The summed E-state index contributed by atoms with van der Waals surface area (Å²) in [5, 5.41) is 22.6. The van der Waals surface area contributed by atoms with Gasteiger partial charge in [-0.1, -0.05) is 12.1 Å². The molecule has 0 bridgehead atoms. The Kier molecular flexibility index (Phi) is 4.28. The van der Waals surface area contributed by atoms with E-state index in [-0.39, 0.29) is 11.5 Å². The minimum absolute atomic E-state index is 0.119. The molecule has 21 heavy (non-hydrogen) atoms. The summed E-state index contributed by atoms with van der Waals surface area (Å²) < 4.78 is 0. The van der Waals surface area contributed by atoms with E-state index in [4.69, 9.17) is 11.1 Å². The van der Waals surface area contributed by atoms with Crippen molar-refractivity contribution in [2.75, 3.05) is 10.7 Å². The van der Waals surface area contributed by atoms with Crippen LogP contribution < -0.4 is 16.6 Å². The largest absolute Gasteiger partial charge is 0.366 e. The van der Waals surface area contributed by atoms with Crippen molar-refractivity contribution in [3.63, 3.8) is 0 Å². The van der Waals surface area contributed by atoms with Crippen molar-refractivity contribution in [1.82, 2.24) is 4.98 Å². The van der Waals surface area contributed by atoms with Crippen molar-refractivity contribution in [2.24, 2.45) is 5.84 Å². The lowest BCUT2D eigenvalue weighted by Crippen LogP contribution is -2.11. The number of nitro groups is 1. The molecule has 0 aliphatic rings. The van der Waals surface area contributed by atoms with E-state index >= 15 is 0 Å². The summed E-state index contributed by atoms with van der Waals surface area (Å²) in [5.41, 5.74) is 3.57. The fourth-order valence-electron chi connectivity index (χ4n) is 1.73. The SMILES string of the molecule is N#Cc1cccc(CNc2cc([N+](=O)[O-])cc(NN)n2)c1. The van der Waals surface area contributed by atoms with E-state index in [1.165, 1.54) is 12.1 Å². The zero-order valence-corrected chi connectivity index (χ0v) is 10.9. The van der Waals surface area contributed by atoms with Crippen LogP contribution in [-0.2, 0) is 6.54 Å². The lowest BCUT2D eigenvalue weighted by Gasteiger charge is -2.08. The first-order chi connectivity index (χ1) is 10.1. The third-order valence-corrected chi connectivity index (χ3v) is 2.70. The van der Waals surface area contributed by atoms with Crippen LogP contribution in [0.4, 0.5) is 17.3 Å². The maximum absolute atomic E-state index is 10.8. The van der Waals surface area contributed by atoms with Gasteiger partial charge in [0.05, 0.1) is 28.7 Å². The topological polar surface area (TPSA) is 130 Å². The van der Waals surface area contributed by atoms with Crippen molar-refractivity contribution in [1.29, 1.82) is 5.26 Å². The maximum atomic E-state index is 10.8. The second-order valence-corrected chi connectivity index (χ2v) is 4.16. The second kappa shape index (κ2) is 6.31. The van der Waals surface area contributed by atoms with Crippen LogP contribution in [0.15, 0.2) is 36.4 Å². The average Bonchev–Trinajstić information content (AvgIpc) is 2.52. The zero-order chi connectivity index (χ0) is 15.2. The molecule has 8 nitrogen and oxygen atoms in total. The first kappa shape index (κ1) is 14.2. The molecular weight excluding hydrogens is 272 g/mol. The van der Waals surface area contributed by atoms with Gasteiger partial charge in [0.15, 0.2) is 0 Å². The van der Waals surface area contributed by atoms with Gasteiger partial charge in [-0.3, -0.25) is 10.1 Å². The molecule has 0 aliphatic carbocycles. The Morgan fingerprint density at radius 1 is 1.33 bits per heavy atom. The highest BCUT2D eigenvalue weighted by Gasteiger charge is 2.10. The number of nitrogens with one attached hydrogen (secondary N) is 2. The first-order valence-corrected chi connectivity index (χ1v) is 5.98. The number of aromatic nitrogens is 1. The normalized spacial score (nSPS) is 9.71. The molecule has 0 saturated carbocycles. The number of hydrogen-bond donors (Lipinski definition) is 3. The molecule has 1 aromatic carbocycles. The number of nitrogens with two attached hydrogens (primary N) is 1. The summed E-state index contributed by atoms with van der Waals surface area (Å²) in [6.07, 6.45) is 0. The van der Waals surface area contributed by atoms with E-state index in [0.29, 0.717) is 17.9 Å². The van der Waals surface area contributed by atoms with Crippen molar-refractivity contribution >= 4 is 17.3 Å². The molecule has 2 aromatic rings. The molecule has 8 heteroatoms. The number of hydrogen-bond acceptors (Lipinski definition) is 7. The van der Waals surface area contributed by atoms with Crippen LogP contribution in [0.2, 0.25) is 0 Å². The van der Waals surface area contributed by atoms with Crippen LogP contribution in [0.1, 0.15) is 11.1 Å². The van der Waals surface area contributed by atoms with Gasteiger partial charge in [-0.15, -0.1) is 0 Å². The smallest absolute Gasteiger partial charge is 0.276 e. The van der Waals surface area contributed by atoms with E-state index in [1.54, 1.807) is 18.2 Å². The van der Waals surface area contributed by atoms with Crippen LogP contribution in [-0.4, -0.2) is 9.91 Å². The van der Waals surface area contributed by atoms with E-state index in [9.17, 15) is 10.1 Å². The minimum Gasteiger partial charge on any atom is -0.366 e. The molecule has 1 aromatic heterocycles. The number of nitriles is 1. The Morgan fingerprint density at radius 3 is 2.76 bits per heavy atom. The number of rotatable bonds is 5. The summed E-state index contributed by atoms with van der Waals surface area (Å²) in [4.78, 5) is 14.4. The standard InChI is InChI=1S/C13H12N6O2/c14-7-9-2-1-3-10(4-9)8-16-12-5-11(19(20)21)6-13(17-12)18-15/h1-6H,8,15H2,(H2,16,17,18). The number of benzene rings is 1. The van der Waals surface area contributed by atoms with Gasteiger partial charge in [-0.2, -0.15) is 5.26 Å². The van der Waals surface area contributed by atoms with Gasteiger partial charge in [0.1, 0.15) is 11.6 Å². The van der Waals surface area contributed by atoms with E-state index in [1.807, 2.05) is 12.1 Å². The summed E-state index contributed by atoms with van der Waals surface area (Å²) in [7, 11) is 0. The Hall–Kier alpha value is -3.18. The monoisotopic (exact) mass is 284 g/mol. The lowest BCUT2D eigenvalue weighted by molar-refractivity contribution is -0.384. The van der Waals surface area contributed by atoms with Crippen molar-refractivity contribution in [3.05, 3.63) is 57.6 Å². The highest BCUT2D eigenvalue weighted by atomic mass is 16.6. The molecule has 0 spiro atoms. The van der Waals surface area contributed by atoms with Crippen LogP contribution in [0, 0.1) is 21.4 Å². The van der Waals surface area contributed by atoms with Gasteiger partial charge in [0.25, 0.3) is 5.69 Å². The predicted molar refractivity (Wildman–Crippen MR) is 77.2 cm³/mol. The molecule has 0 atom stereocenters. The molecule has 106 valence electrons. The fourth-order valence-corrected chi connectivity index (χ4v) is 1.73. The zero-order valence-electron chi connectivity index (χ0n) is 10.9. The Labute approximate surface area is 120 Å². The van der Waals surface area contributed by atoms with Gasteiger partial charge in [-0.25, -0.2) is 10.8 Å². The number of pyridine rings is 1. The first-order valence-electron chi connectivity index (χ1n) is 5.98. The molecule has 1 heterocycles. The predicted octanol–water partition coefficient (Wildman–Crippen LogP) is 1.76. The molecule has 0 unspecified atom stereocenters. The molecule has 0 saturated heterocycles. The van der Waals surface area contributed by atoms with Crippen LogP contribution in [0.25, 0.3) is 0 Å². The number of hydrazine groups is 1. The van der Waals surface area contributed by atoms with Crippen molar-refractivity contribution in [3.8, 4) is 6.07 Å². The van der Waals surface area contributed by atoms with Gasteiger partial charge in [0, 0.05) is 6.54 Å². The maximum Gasteiger partial charge on any atom is 0.276 e. The fraction of sp³-hybridized carbons (Fsp3) is 0.0769. The van der Waals surface area contributed by atoms with Crippen LogP contribution in [0.3, 0.4) is 0 Å². The summed E-state index contributed by atoms with van der Waals surface area (Å²) in [5.74, 6) is 5.75. The highest BCUT2D eigenvalue weighted by Crippen LogP contribution is 2.20. The number of nitrogens with zero attached hydrogens (tertiary/aromatic N) is 3. The lowest BCUT2D eigenvalue weighted by atomic mass is 10.1. The molecule has 0 amide bonds. The third-order valence-electron chi connectivity index (χ3n) is 2.70. The highest BCUT2D eigenvalue weighted by molar-refractivity contribution is 5.54. The van der Waals surface area contributed by atoms with Crippen molar-refractivity contribution < 1.29 is 4.92 Å². The minimum atomic E-state index is -0.524. The van der Waals surface area contributed by atoms with E-state index in [0.717, 1.165) is 5.56 Å². The van der Waals surface area contributed by atoms with Crippen molar-refractivity contribution in [2.45, 2.75) is 6.54 Å². The Morgan fingerprint density at radius 2 is 2.10 bits per heavy atom. The molecule has 0 fully saturated rings. The summed E-state index contributed by atoms with van der Waals surface area (Å²) in [6.45, 7) is 0.383. The Bertz CT molecular complexity index is 710. The second-order valence-electron chi connectivity index (χ2n) is 4.16. The van der Waals surface area contributed by atoms with Crippen LogP contribution >= 0.6 is 0 Å². The summed E-state index contributed by atoms with van der Waals surface area (Å²) in [6, 6.07) is 11.6. The van der Waals surface area contributed by atoms with E-state index in [2.05, 4.69) is 15.7 Å². The van der Waals surface area contributed by atoms with Gasteiger partial charge in [-0.05, 0) is 17.7 Å². The molecule has 0 aliphatic heterocycles. The molecule has 2 rings (SSSR count). The summed E-state index contributed by atoms with van der Waals surface area (Å²) >= 11 is 0. The van der Waals surface area contributed by atoms with Gasteiger partial charge < -0.3 is 10.7 Å². The number of anilines is 2. The molecule has 0 radical (unpaired) electrons. The molecule has 4 N–H and O–H groups in total. The Balaban J connectivity index is 2.17. The van der Waals surface area contributed by atoms with Gasteiger partial charge in [0.2, 0.25) is 0 Å². The quantitative estimate of drug-likeness (QED) is 0.433. The van der Waals surface area contributed by atoms with Crippen LogP contribution in [0.5, 0.6) is 0 Å². The van der Waals surface area contributed by atoms with Gasteiger partial charge >= 0.3 is 0 Å². The van der Waals surface area contributed by atoms with E-state index < -0.39 is 4.92 Å². The number of nitrogen functional groups attached to an aromatic ring is 1. The third kappa shape index (κ3) is 3.65. The average molecular weight is 284 g/mol. The molecular formula is C13H12N6O2.